The molecule has 2 amide bonds. The van der Waals surface area contributed by atoms with E-state index in [-0.39, 0.29) is 19.8 Å². The molecule has 41 heavy (non-hydrogen) atoms. The molecule has 2 heterocycles. The third-order valence-corrected chi connectivity index (χ3v) is 5.27. The highest BCUT2D eigenvalue weighted by Gasteiger charge is 2.28. The summed E-state index contributed by atoms with van der Waals surface area (Å²) in [6.07, 6.45) is 2.12. The standard InChI is InChI=1S/C29H39N5O7/c1-9-38-24(35)18-39-21-12-10-11-20(15-21)22-16-30-34-14-13-23(32-25(22)34)33(27(37)41-29(6,7)8)17-19(2)31-26(36)40-28(3,4)5/h10-16,19H,9,17-18H2,1-8H3,(H,31,36). The Labute approximate surface area is 239 Å². The molecule has 0 saturated carbocycles. The lowest BCUT2D eigenvalue weighted by Gasteiger charge is -2.29. The van der Waals surface area contributed by atoms with E-state index in [1.54, 1.807) is 96.6 Å². The van der Waals surface area contributed by atoms with Crippen LogP contribution in [0.25, 0.3) is 16.8 Å². The van der Waals surface area contributed by atoms with Gasteiger partial charge in [0.05, 0.1) is 19.3 Å². The van der Waals surface area contributed by atoms with Crippen LogP contribution in [0.5, 0.6) is 5.75 Å². The van der Waals surface area contributed by atoms with E-state index in [0.717, 1.165) is 5.56 Å². The summed E-state index contributed by atoms with van der Waals surface area (Å²) < 4.78 is 23.1. The second-order valence-electron chi connectivity index (χ2n) is 11.4. The number of rotatable bonds is 9. The van der Waals surface area contributed by atoms with Crippen LogP contribution in [0.15, 0.2) is 42.7 Å². The summed E-state index contributed by atoms with van der Waals surface area (Å²) in [6, 6.07) is 8.31. The lowest BCUT2D eigenvalue weighted by molar-refractivity contribution is -0.145. The normalized spacial score (nSPS) is 12.4. The van der Waals surface area contributed by atoms with Crippen molar-refractivity contribution in [2.75, 3.05) is 24.7 Å². The molecule has 0 saturated heterocycles. The van der Waals surface area contributed by atoms with E-state index in [0.29, 0.717) is 22.8 Å². The van der Waals surface area contributed by atoms with E-state index in [9.17, 15) is 14.4 Å². The Morgan fingerprint density at radius 2 is 1.76 bits per heavy atom. The number of nitrogens with one attached hydrogen (secondary N) is 1. The molecule has 1 N–H and O–H groups in total. The van der Waals surface area contributed by atoms with E-state index in [1.807, 2.05) is 6.07 Å². The van der Waals surface area contributed by atoms with Crippen LogP contribution in [0.2, 0.25) is 0 Å². The number of ether oxygens (including phenoxy) is 4. The van der Waals surface area contributed by atoms with Gasteiger partial charge in [0, 0.05) is 17.8 Å². The average molecular weight is 570 g/mol. The second kappa shape index (κ2) is 12.9. The van der Waals surface area contributed by atoms with Gasteiger partial charge in [-0.15, -0.1) is 0 Å². The summed E-state index contributed by atoms with van der Waals surface area (Å²) in [5, 5.41) is 7.15. The predicted molar refractivity (Wildman–Crippen MR) is 153 cm³/mol. The van der Waals surface area contributed by atoms with Gasteiger partial charge in [-0.25, -0.2) is 23.9 Å². The first-order valence-electron chi connectivity index (χ1n) is 13.4. The fourth-order valence-corrected chi connectivity index (χ4v) is 3.72. The fourth-order valence-electron chi connectivity index (χ4n) is 3.72. The van der Waals surface area contributed by atoms with E-state index in [1.165, 1.54) is 4.90 Å². The summed E-state index contributed by atoms with van der Waals surface area (Å²) in [5.41, 5.74) is 0.479. The molecule has 0 spiro atoms. The number of aromatic nitrogens is 3. The molecule has 222 valence electrons. The number of carbonyl (C=O) groups is 3. The molecule has 2 aromatic heterocycles. The Kier molecular flexibility index (Phi) is 9.79. The molecule has 12 heteroatoms. The Morgan fingerprint density at radius 1 is 1.05 bits per heavy atom. The highest BCUT2D eigenvalue weighted by atomic mass is 16.6. The molecule has 0 aliphatic rings. The summed E-state index contributed by atoms with van der Waals surface area (Å²) in [4.78, 5) is 43.5. The van der Waals surface area contributed by atoms with Crippen molar-refractivity contribution in [3.05, 3.63) is 42.7 Å². The summed E-state index contributed by atoms with van der Waals surface area (Å²) in [6.45, 7) is 14.2. The number of hydrogen-bond donors (Lipinski definition) is 1. The maximum atomic E-state index is 13.3. The Hall–Kier alpha value is -4.35. The molecule has 0 aliphatic heterocycles. The van der Waals surface area contributed by atoms with Gasteiger partial charge in [-0.3, -0.25) is 4.90 Å². The fraction of sp³-hybridized carbons (Fsp3) is 0.483. The van der Waals surface area contributed by atoms with Crippen molar-refractivity contribution in [3.63, 3.8) is 0 Å². The van der Waals surface area contributed by atoms with Gasteiger partial charge in [-0.05, 0) is 79.2 Å². The third-order valence-electron chi connectivity index (χ3n) is 5.27. The quantitative estimate of drug-likeness (QED) is 0.279. The first-order chi connectivity index (χ1) is 19.1. The minimum absolute atomic E-state index is 0.0674. The van der Waals surface area contributed by atoms with Crippen molar-refractivity contribution < 1.29 is 33.3 Å². The number of esters is 1. The molecule has 0 bridgehead atoms. The zero-order chi connectivity index (χ0) is 30.4. The molecule has 3 rings (SSSR count). The smallest absolute Gasteiger partial charge is 0.416 e. The monoisotopic (exact) mass is 569 g/mol. The first-order valence-corrected chi connectivity index (χ1v) is 13.4. The Balaban J connectivity index is 1.92. The van der Waals surface area contributed by atoms with Gasteiger partial charge in [0.15, 0.2) is 12.3 Å². The van der Waals surface area contributed by atoms with Crippen LogP contribution in [0, 0.1) is 0 Å². The zero-order valence-corrected chi connectivity index (χ0v) is 24.9. The van der Waals surface area contributed by atoms with Crippen LogP contribution < -0.4 is 15.0 Å². The minimum Gasteiger partial charge on any atom is -0.482 e. The third kappa shape index (κ3) is 9.37. The minimum atomic E-state index is -0.757. The van der Waals surface area contributed by atoms with Gasteiger partial charge >= 0.3 is 18.2 Å². The number of hydrogen-bond acceptors (Lipinski definition) is 9. The molecule has 0 radical (unpaired) electrons. The molecule has 0 aliphatic carbocycles. The number of carbonyl (C=O) groups excluding carboxylic acids is 3. The first kappa shape index (κ1) is 31.2. The number of fused-ring (bicyclic) bond motifs is 1. The molecule has 0 fully saturated rings. The highest BCUT2D eigenvalue weighted by molar-refractivity contribution is 5.88. The van der Waals surface area contributed by atoms with Gasteiger partial charge in [-0.2, -0.15) is 5.10 Å². The van der Waals surface area contributed by atoms with Crippen molar-refractivity contribution in [3.8, 4) is 16.9 Å². The van der Waals surface area contributed by atoms with E-state index < -0.39 is 35.4 Å². The van der Waals surface area contributed by atoms with Crippen LogP contribution in [-0.2, 0) is 19.0 Å². The van der Waals surface area contributed by atoms with E-state index in [4.69, 9.17) is 23.9 Å². The molecule has 3 aromatic rings. The summed E-state index contributed by atoms with van der Waals surface area (Å²) in [5.74, 6) is 0.322. The van der Waals surface area contributed by atoms with Gasteiger partial charge < -0.3 is 24.3 Å². The van der Waals surface area contributed by atoms with Crippen LogP contribution in [-0.4, -0.2) is 69.8 Å². The maximum absolute atomic E-state index is 13.3. The van der Waals surface area contributed by atoms with Crippen LogP contribution in [0.3, 0.4) is 0 Å². The molecular weight excluding hydrogens is 530 g/mol. The highest BCUT2D eigenvalue weighted by Crippen LogP contribution is 2.28. The van der Waals surface area contributed by atoms with Gasteiger partial charge in [0.25, 0.3) is 0 Å². The maximum Gasteiger partial charge on any atom is 0.416 e. The zero-order valence-electron chi connectivity index (χ0n) is 24.9. The van der Waals surface area contributed by atoms with Crippen LogP contribution in [0.4, 0.5) is 15.4 Å². The van der Waals surface area contributed by atoms with Crippen molar-refractivity contribution in [2.24, 2.45) is 0 Å². The summed E-state index contributed by atoms with van der Waals surface area (Å²) >= 11 is 0. The van der Waals surface area contributed by atoms with Gasteiger partial charge in [-0.1, -0.05) is 12.1 Å². The SMILES string of the molecule is CCOC(=O)COc1cccc(-c2cnn3ccc(N(CC(C)NC(=O)OC(C)(C)C)C(=O)OC(C)(C)C)nc23)c1. The van der Waals surface area contributed by atoms with Crippen molar-refractivity contribution >= 4 is 29.6 Å². The predicted octanol–water partition coefficient (Wildman–Crippen LogP) is 4.99. The second-order valence-corrected chi connectivity index (χ2v) is 11.4. The topological polar surface area (TPSA) is 134 Å². The van der Waals surface area contributed by atoms with Crippen molar-refractivity contribution in [2.45, 2.75) is 72.6 Å². The lowest BCUT2D eigenvalue weighted by Crippen LogP contribution is -2.47. The molecule has 1 atom stereocenters. The van der Waals surface area contributed by atoms with E-state index >= 15 is 0 Å². The number of nitrogens with zero attached hydrogens (tertiary/aromatic N) is 4. The van der Waals surface area contributed by atoms with Crippen LogP contribution >= 0.6 is 0 Å². The number of amides is 2. The van der Waals surface area contributed by atoms with E-state index in [2.05, 4.69) is 10.4 Å². The largest absolute Gasteiger partial charge is 0.482 e. The molecule has 1 aromatic carbocycles. The number of benzene rings is 1. The van der Waals surface area contributed by atoms with Gasteiger partial charge in [0.1, 0.15) is 22.8 Å². The summed E-state index contributed by atoms with van der Waals surface area (Å²) in [7, 11) is 0. The Bertz CT molecular complexity index is 1370. The lowest BCUT2D eigenvalue weighted by atomic mass is 10.1. The molecule has 12 nitrogen and oxygen atoms in total. The van der Waals surface area contributed by atoms with Gasteiger partial charge in [0.2, 0.25) is 0 Å². The van der Waals surface area contributed by atoms with Crippen LogP contribution in [0.1, 0.15) is 55.4 Å². The average Bonchev–Trinajstić information content (AvgIpc) is 3.27. The van der Waals surface area contributed by atoms with Crippen molar-refractivity contribution in [1.82, 2.24) is 19.9 Å². The Morgan fingerprint density at radius 3 is 2.41 bits per heavy atom. The molecule has 1 unspecified atom stereocenters. The van der Waals surface area contributed by atoms with Crippen molar-refractivity contribution in [1.29, 1.82) is 0 Å². The number of alkyl carbamates (subject to hydrolysis) is 1. The number of anilines is 1. The molecular formula is C29H39N5O7.